The number of likely N-dealkylation sites (N-methyl/N-ethyl adjacent to an activating group) is 1. The molecule has 0 N–H and O–H groups in total. The summed E-state index contributed by atoms with van der Waals surface area (Å²) in [5, 5.41) is 3.94. The highest BCUT2D eigenvalue weighted by molar-refractivity contribution is 7.17. The predicted octanol–water partition coefficient (Wildman–Crippen LogP) is 3.05. The summed E-state index contributed by atoms with van der Waals surface area (Å²) in [6.45, 7) is 5.45. The smallest absolute Gasteiger partial charge is 0.419 e. The summed E-state index contributed by atoms with van der Waals surface area (Å²) in [6.07, 6.45) is 1.38. The summed E-state index contributed by atoms with van der Waals surface area (Å²) in [5.74, 6) is -0.183. The van der Waals surface area contributed by atoms with Gasteiger partial charge in [0.05, 0.1) is 13.5 Å². The van der Waals surface area contributed by atoms with Crippen LogP contribution in [0.15, 0.2) is 17.6 Å². The van der Waals surface area contributed by atoms with Crippen LogP contribution in [0.3, 0.4) is 0 Å². The van der Waals surface area contributed by atoms with E-state index in [1.807, 2.05) is 32.2 Å². The molecule has 0 aliphatic heterocycles. The SMILES string of the molecule is CON(C)C(=O)Cc1cn(C(=O)OC(C)(C)C)c2sccc12. The maximum atomic E-state index is 12.3. The van der Waals surface area contributed by atoms with E-state index in [4.69, 9.17) is 9.57 Å². The third kappa shape index (κ3) is 3.48. The van der Waals surface area contributed by atoms with Gasteiger partial charge in [-0.05, 0) is 37.8 Å². The van der Waals surface area contributed by atoms with E-state index in [2.05, 4.69) is 0 Å². The molecule has 0 bridgehead atoms. The van der Waals surface area contributed by atoms with Gasteiger partial charge in [0.2, 0.25) is 5.91 Å². The van der Waals surface area contributed by atoms with Crippen LogP contribution in [0.1, 0.15) is 26.3 Å². The molecule has 0 radical (unpaired) electrons. The van der Waals surface area contributed by atoms with E-state index >= 15 is 0 Å². The first kappa shape index (κ1) is 16.5. The molecular weight excluding hydrogens is 304 g/mol. The lowest BCUT2D eigenvalue weighted by atomic mass is 10.2. The summed E-state index contributed by atoms with van der Waals surface area (Å²) >= 11 is 1.44. The third-order valence-corrected chi connectivity index (χ3v) is 3.96. The molecule has 0 fully saturated rings. The van der Waals surface area contributed by atoms with Gasteiger partial charge in [0.1, 0.15) is 10.4 Å². The fraction of sp³-hybridized carbons (Fsp3) is 0.467. The number of hydrogen-bond acceptors (Lipinski definition) is 5. The molecule has 2 rings (SSSR count). The van der Waals surface area contributed by atoms with Crippen LogP contribution in [0.2, 0.25) is 0 Å². The Morgan fingerprint density at radius 3 is 2.64 bits per heavy atom. The number of hydroxylamine groups is 2. The Labute approximate surface area is 133 Å². The van der Waals surface area contributed by atoms with E-state index in [0.29, 0.717) is 0 Å². The number of aromatic nitrogens is 1. The summed E-state index contributed by atoms with van der Waals surface area (Å²) in [7, 11) is 2.99. The van der Waals surface area contributed by atoms with Gasteiger partial charge in [-0.2, -0.15) is 0 Å². The molecular formula is C15H20N2O4S. The highest BCUT2D eigenvalue weighted by atomic mass is 32.1. The van der Waals surface area contributed by atoms with Gasteiger partial charge in [-0.1, -0.05) is 0 Å². The van der Waals surface area contributed by atoms with Gasteiger partial charge in [0, 0.05) is 18.6 Å². The van der Waals surface area contributed by atoms with Crippen molar-refractivity contribution >= 4 is 33.6 Å². The van der Waals surface area contributed by atoms with Crippen LogP contribution in [0.25, 0.3) is 10.2 Å². The number of amides is 1. The van der Waals surface area contributed by atoms with Crippen LogP contribution < -0.4 is 0 Å². The minimum Gasteiger partial charge on any atom is -0.443 e. The first-order valence-electron chi connectivity index (χ1n) is 6.84. The Morgan fingerprint density at radius 2 is 2.05 bits per heavy atom. The van der Waals surface area contributed by atoms with E-state index in [1.54, 1.807) is 13.2 Å². The topological polar surface area (TPSA) is 60.8 Å². The molecule has 0 aliphatic carbocycles. The van der Waals surface area contributed by atoms with E-state index < -0.39 is 11.7 Å². The largest absolute Gasteiger partial charge is 0.443 e. The van der Waals surface area contributed by atoms with E-state index in [-0.39, 0.29) is 12.3 Å². The third-order valence-electron chi connectivity index (χ3n) is 3.05. The normalized spacial score (nSPS) is 11.7. The maximum absolute atomic E-state index is 12.3. The predicted molar refractivity (Wildman–Crippen MR) is 84.9 cm³/mol. The van der Waals surface area contributed by atoms with Crippen molar-refractivity contribution < 1.29 is 19.2 Å². The lowest BCUT2D eigenvalue weighted by molar-refractivity contribution is -0.167. The quantitative estimate of drug-likeness (QED) is 0.814. The van der Waals surface area contributed by atoms with Crippen LogP contribution in [-0.4, -0.2) is 41.4 Å². The number of fused-ring (bicyclic) bond motifs is 1. The van der Waals surface area contributed by atoms with Crippen LogP contribution in [0, 0.1) is 0 Å². The van der Waals surface area contributed by atoms with E-state index in [9.17, 15) is 9.59 Å². The zero-order valence-corrected chi connectivity index (χ0v) is 14.2. The van der Waals surface area contributed by atoms with Crippen molar-refractivity contribution in [1.29, 1.82) is 0 Å². The molecule has 6 nitrogen and oxygen atoms in total. The lowest BCUT2D eigenvalue weighted by Gasteiger charge is -2.19. The van der Waals surface area contributed by atoms with Crippen molar-refractivity contribution in [2.75, 3.05) is 14.2 Å². The van der Waals surface area contributed by atoms with Crippen molar-refractivity contribution in [1.82, 2.24) is 9.63 Å². The number of hydrogen-bond donors (Lipinski definition) is 0. The Hall–Kier alpha value is -1.86. The minimum absolute atomic E-state index is 0.160. The average Bonchev–Trinajstić information content (AvgIpc) is 2.99. The number of ether oxygens (including phenoxy) is 1. The zero-order chi connectivity index (χ0) is 16.5. The second-order valence-electron chi connectivity index (χ2n) is 5.89. The highest BCUT2D eigenvalue weighted by Gasteiger charge is 2.22. The molecule has 0 spiro atoms. The molecule has 0 aliphatic rings. The van der Waals surface area contributed by atoms with Gasteiger partial charge >= 0.3 is 6.09 Å². The highest BCUT2D eigenvalue weighted by Crippen LogP contribution is 2.28. The molecule has 0 saturated carbocycles. The molecule has 2 heterocycles. The zero-order valence-electron chi connectivity index (χ0n) is 13.4. The molecule has 1 amide bonds. The Kier molecular flexibility index (Phi) is 4.58. The number of carbonyl (C=O) groups excluding carboxylic acids is 2. The Balaban J connectivity index is 2.32. The first-order chi connectivity index (χ1) is 10.2. The molecule has 0 atom stereocenters. The number of rotatable bonds is 3. The molecule has 7 heteroatoms. The summed E-state index contributed by atoms with van der Waals surface area (Å²) < 4.78 is 6.86. The van der Waals surface area contributed by atoms with E-state index in [0.717, 1.165) is 15.8 Å². The van der Waals surface area contributed by atoms with E-state index in [1.165, 1.54) is 28.1 Å². The van der Waals surface area contributed by atoms with Crippen LogP contribution in [0.4, 0.5) is 4.79 Å². The average molecular weight is 324 g/mol. The fourth-order valence-electron chi connectivity index (χ4n) is 1.98. The van der Waals surface area contributed by atoms with Crippen molar-refractivity contribution in [2.45, 2.75) is 32.8 Å². The standard InChI is InChI=1S/C15H20N2O4S/c1-15(2,3)21-14(19)17-9-10(8-12(18)16(4)20-5)11-6-7-22-13(11)17/h6-7,9H,8H2,1-5H3. The van der Waals surface area contributed by atoms with Crippen LogP contribution in [0.5, 0.6) is 0 Å². The number of carbonyl (C=O) groups is 2. The summed E-state index contributed by atoms with van der Waals surface area (Å²) in [4.78, 5) is 29.9. The van der Waals surface area contributed by atoms with Crippen LogP contribution in [-0.2, 0) is 20.8 Å². The fourth-order valence-corrected chi connectivity index (χ4v) is 2.88. The maximum Gasteiger partial charge on any atom is 0.419 e. The molecule has 22 heavy (non-hydrogen) atoms. The summed E-state index contributed by atoms with van der Waals surface area (Å²) in [6, 6.07) is 1.90. The molecule has 0 saturated heterocycles. The molecule has 120 valence electrons. The van der Waals surface area contributed by atoms with Gasteiger partial charge in [0.15, 0.2) is 0 Å². The van der Waals surface area contributed by atoms with Gasteiger partial charge < -0.3 is 4.74 Å². The van der Waals surface area contributed by atoms with Crippen molar-refractivity contribution in [2.24, 2.45) is 0 Å². The second-order valence-corrected chi connectivity index (χ2v) is 6.79. The van der Waals surface area contributed by atoms with Gasteiger partial charge in [-0.15, -0.1) is 11.3 Å². The molecule has 2 aromatic rings. The first-order valence-corrected chi connectivity index (χ1v) is 7.72. The number of thiophene rings is 1. The van der Waals surface area contributed by atoms with Crippen molar-refractivity contribution in [3.63, 3.8) is 0 Å². The van der Waals surface area contributed by atoms with Crippen LogP contribution >= 0.6 is 11.3 Å². The second kappa shape index (κ2) is 6.10. The molecule has 0 unspecified atom stereocenters. The van der Waals surface area contributed by atoms with Gasteiger partial charge in [0.25, 0.3) is 0 Å². The van der Waals surface area contributed by atoms with Crippen molar-refractivity contribution in [3.8, 4) is 0 Å². The lowest BCUT2D eigenvalue weighted by Crippen LogP contribution is -2.27. The molecule has 0 aromatic carbocycles. The van der Waals surface area contributed by atoms with Gasteiger partial charge in [-0.25, -0.2) is 14.4 Å². The minimum atomic E-state index is -0.572. The van der Waals surface area contributed by atoms with Crippen molar-refractivity contribution in [3.05, 3.63) is 23.2 Å². The molecule has 2 aromatic heterocycles. The summed E-state index contributed by atoms with van der Waals surface area (Å²) in [5.41, 5.74) is 0.202. The van der Waals surface area contributed by atoms with Gasteiger partial charge in [-0.3, -0.25) is 9.63 Å². The Morgan fingerprint density at radius 1 is 1.36 bits per heavy atom. The monoisotopic (exact) mass is 324 g/mol. The Bertz CT molecular complexity index is 696. The number of nitrogens with zero attached hydrogens (tertiary/aromatic N) is 2.